The van der Waals surface area contributed by atoms with Crippen molar-refractivity contribution in [1.29, 1.82) is 0 Å². The van der Waals surface area contributed by atoms with E-state index in [0.29, 0.717) is 18.9 Å². The van der Waals surface area contributed by atoms with Gasteiger partial charge in [-0.25, -0.2) is 19.3 Å². The highest BCUT2D eigenvalue weighted by Crippen LogP contribution is 2.06. The van der Waals surface area contributed by atoms with Crippen molar-refractivity contribution in [3.63, 3.8) is 0 Å². The fraction of sp³-hybridized carbons (Fsp3) is 0.556. The van der Waals surface area contributed by atoms with Gasteiger partial charge in [-0.05, 0) is 13.8 Å². The zero-order valence-corrected chi connectivity index (χ0v) is 9.41. The van der Waals surface area contributed by atoms with E-state index in [9.17, 15) is 0 Å². The first-order valence-corrected chi connectivity index (χ1v) is 5.17. The predicted molar refractivity (Wildman–Crippen MR) is 57.4 cm³/mol. The lowest BCUT2D eigenvalue weighted by Crippen LogP contribution is -2.12. The van der Waals surface area contributed by atoms with Crippen molar-refractivity contribution >= 4 is 0 Å². The molecule has 0 unspecified atom stereocenters. The molecule has 0 atom stereocenters. The first-order chi connectivity index (χ1) is 7.70. The molecule has 0 fully saturated rings. The molecule has 2 heterocycles. The van der Waals surface area contributed by atoms with Crippen LogP contribution in [-0.2, 0) is 13.1 Å². The molecular formula is C9H15N7. The van der Waals surface area contributed by atoms with Gasteiger partial charge in [0.1, 0.15) is 25.0 Å². The summed E-state index contributed by atoms with van der Waals surface area (Å²) in [6.45, 7) is 5.03. The van der Waals surface area contributed by atoms with Crippen molar-refractivity contribution in [1.82, 2.24) is 29.5 Å². The fourth-order valence-electron chi connectivity index (χ4n) is 1.47. The maximum absolute atomic E-state index is 5.44. The van der Waals surface area contributed by atoms with Crippen LogP contribution in [0.15, 0.2) is 12.7 Å². The van der Waals surface area contributed by atoms with Crippen LogP contribution < -0.4 is 5.73 Å². The number of aromatic nitrogens is 6. The van der Waals surface area contributed by atoms with E-state index in [-0.39, 0.29) is 6.04 Å². The van der Waals surface area contributed by atoms with Crippen LogP contribution in [0.1, 0.15) is 31.5 Å². The zero-order valence-electron chi connectivity index (χ0n) is 9.41. The smallest absolute Gasteiger partial charge is 0.164 e. The van der Waals surface area contributed by atoms with Crippen LogP contribution in [0.25, 0.3) is 0 Å². The third-order valence-corrected chi connectivity index (χ3v) is 2.21. The van der Waals surface area contributed by atoms with Crippen LogP contribution in [0.5, 0.6) is 0 Å². The van der Waals surface area contributed by atoms with E-state index in [0.717, 1.165) is 5.82 Å². The maximum atomic E-state index is 5.44. The Morgan fingerprint density at radius 2 is 2.19 bits per heavy atom. The van der Waals surface area contributed by atoms with E-state index in [1.54, 1.807) is 17.3 Å². The first-order valence-electron chi connectivity index (χ1n) is 5.17. The van der Waals surface area contributed by atoms with Gasteiger partial charge in [-0.3, -0.25) is 0 Å². The van der Waals surface area contributed by atoms with Gasteiger partial charge in [0.2, 0.25) is 0 Å². The number of nitrogens with zero attached hydrogens (tertiary/aromatic N) is 6. The van der Waals surface area contributed by atoms with Gasteiger partial charge in [0.15, 0.2) is 5.82 Å². The summed E-state index contributed by atoms with van der Waals surface area (Å²) in [6, 6.07) is 0.287. The molecule has 0 saturated carbocycles. The maximum Gasteiger partial charge on any atom is 0.164 e. The summed E-state index contributed by atoms with van der Waals surface area (Å²) < 4.78 is 3.58. The lowest BCUT2D eigenvalue weighted by atomic mass is 10.4. The minimum absolute atomic E-state index is 0.287. The summed E-state index contributed by atoms with van der Waals surface area (Å²) in [6.07, 6.45) is 3.21. The van der Waals surface area contributed by atoms with E-state index in [2.05, 4.69) is 34.0 Å². The van der Waals surface area contributed by atoms with E-state index in [1.165, 1.54) is 0 Å². The van der Waals surface area contributed by atoms with Gasteiger partial charge in [-0.1, -0.05) is 0 Å². The highest BCUT2D eigenvalue weighted by Gasteiger charge is 2.09. The average Bonchev–Trinajstić information content (AvgIpc) is 2.87. The number of hydrogen-bond donors (Lipinski definition) is 1. The second-order valence-electron chi connectivity index (χ2n) is 3.78. The van der Waals surface area contributed by atoms with Crippen molar-refractivity contribution < 1.29 is 0 Å². The topological polar surface area (TPSA) is 87.4 Å². The van der Waals surface area contributed by atoms with Crippen molar-refractivity contribution in [2.45, 2.75) is 33.0 Å². The molecule has 0 aliphatic rings. The molecule has 0 amide bonds. The minimum Gasteiger partial charge on any atom is -0.324 e. The number of rotatable bonds is 4. The third-order valence-electron chi connectivity index (χ3n) is 2.21. The number of nitrogens with two attached hydrogens (primary N) is 1. The van der Waals surface area contributed by atoms with Gasteiger partial charge in [-0.2, -0.15) is 10.2 Å². The lowest BCUT2D eigenvalue weighted by molar-refractivity contribution is 0.487. The molecule has 0 aliphatic heterocycles. The van der Waals surface area contributed by atoms with E-state index >= 15 is 0 Å². The summed E-state index contributed by atoms with van der Waals surface area (Å²) in [7, 11) is 0. The van der Waals surface area contributed by atoms with Crippen LogP contribution in [0.4, 0.5) is 0 Å². The quantitative estimate of drug-likeness (QED) is 0.782. The number of hydrogen-bond acceptors (Lipinski definition) is 5. The monoisotopic (exact) mass is 221 g/mol. The SMILES string of the molecule is CC(C)n1ncnc1Cn1cnc(CN)n1. The van der Waals surface area contributed by atoms with Crippen LogP contribution in [0.3, 0.4) is 0 Å². The first kappa shape index (κ1) is 10.7. The van der Waals surface area contributed by atoms with E-state index in [4.69, 9.17) is 5.73 Å². The summed E-state index contributed by atoms with van der Waals surface area (Å²) in [5.41, 5.74) is 5.44. The third kappa shape index (κ3) is 2.08. The van der Waals surface area contributed by atoms with Crippen molar-refractivity contribution in [3.8, 4) is 0 Å². The molecule has 86 valence electrons. The van der Waals surface area contributed by atoms with Gasteiger partial charge in [0.25, 0.3) is 0 Å². The Kier molecular flexibility index (Phi) is 2.95. The van der Waals surface area contributed by atoms with Gasteiger partial charge in [0, 0.05) is 6.04 Å². The van der Waals surface area contributed by atoms with Crippen LogP contribution in [-0.4, -0.2) is 29.5 Å². The standard InChI is InChI=1S/C9H15N7/c1-7(2)16-9(11-5-13-16)4-15-6-12-8(3-10)14-15/h5-7H,3-4,10H2,1-2H3. The Morgan fingerprint density at radius 1 is 1.38 bits per heavy atom. The van der Waals surface area contributed by atoms with E-state index < -0.39 is 0 Å². The summed E-state index contributed by atoms with van der Waals surface area (Å²) >= 11 is 0. The van der Waals surface area contributed by atoms with Crippen molar-refractivity contribution in [2.75, 3.05) is 0 Å². The van der Waals surface area contributed by atoms with E-state index in [1.807, 2.05) is 4.68 Å². The summed E-state index contributed by atoms with van der Waals surface area (Å²) in [4.78, 5) is 8.26. The molecule has 0 saturated heterocycles. The van der Waals surface area contributed by atoms with Gasteiger partial charge in [0.05, 0.1) is 6.54 Å². The van der Waals surface area contributed by atoms with Crippen molar-refractivity contribution in [3.05, 3.63) is 24.3 Å². The molecule has 2 N–H and O–H groups in total. The Balaban J connectivity index is 2.17. The molecule has 2 aromatic rings. The van der Waals surface area contributed by atoms with Crippen LogP contribution in [0, 0.1) is 0 Å². The molecular weight excluding hydrogens is 206 g/mol. The molecule has 16 heavy (non-hydrogen) atoms. The van der Waals surface area contributed by atoms with Crippen molar-refractivity contribution in [2.24, 2.45) is 5.73 Å². The molecule has 2 aromatic heterocycles. The largest absolute Gasteiger partial charge is 0.324 e. The molecule has 0 spiro atoms. The van der Waals surface area contributed by atoms with Crippen LogP contribution in [0.2, 0.25) is 0 Å². The second kappa shape index (κ2) is 4.40. The highest BCUT2D eigenvalue weighted by molar-refractivity contribution is 4.89. The van der Waals surface area contributed by atoms with Gasteiger partial charge >= 0.3 is 0 Å². The highest BCUT2D eigenvalue weighted by atomic mass is 15.4. The predicted octanol–water partition coefficient (Wildman–Crippen LogP) is -0.0425. The molecule has 0 radical (unpaired) electrons. The zero-order chi connectivity index (χ0) is 11.5. The molecule has 7 heteroatoms. The normalized spacial score (nSPS) is 11.2. The Morgan fingerprint density at radius 3 is 2.81 bits per heavy atom. The van der Waals surface area contributed by atoms with Gasteiger partial charge in [-0.15, -0.1) is 0 Å². The Labute approximate surface area is 93.3 Å². The minimum atomic E-state index is 0.287. The molecule has 0 aromatic carbocycles. The molecule has 0 bridgehead atoms. The second-order valence-corrected chi connectivity index (χ2v) is 3.78. The molecule has 2 rings (SSSR count). The molecule has 7 nitrogen and oxygen atoms in total. The summed E-state index contributed by atoms with van der Waals surface area (Å²) in [5.74, 6) is 1.50. The Bertz CT molecular complexity index is 456. The van der Waals surface area contributed by atoms with Gasteiger partial charge < -0.3 is 5.73 Å². The fourth-order valence-corrected chi connectivity index (χ4v) is 1.47. The van der Waals surface area contributed by atoms with Crippen LogP contribution >= 0.6 is 0 Å². The molecule has 0 aliphatic carbocycles. The average molecular weight is 221 g/mol. The summed E-state index contributed by atoms with van der Waals surface area (Å²) in [5, 5.41) is 8.36. The lowest BCUT2D eigenvalue weighted by Gasteiger charge is -2.08. The Hall–Kier alpha value is -1.76.